The fourth-order valence-electron chi connectivity index (χ4n) is 2.44. The van der Waals surface area contributed by atoms with Gasteiger partial charge in [0, 0.05) is 4.70 Å². The van der Waals surface area contributed by atoms with Gasteiger partial charge < -0.3 is 15.3 Å². The summed E-state index contributed by atoms with van der Waals surface area (Å²) in [4.78, 5) is 9.97. The summed E-state index contributed by atoms with van der Waals surface area (Å²) in [6, 6.07) is 6.96. The molecule has 20 heavy (non-hydrogen) atoms. The first-order valence-electron chi connectivity index (χ1n) is 6.32. The van der Waals surface area contributed by atoms with Crippen molar-refractivity contribution in [2.75, 3.05) is 5.75 Å². The van der Waals surface area contributed by atoms with Gasteiger partial charge in [-0.1, -0.05) is 6.07 Å². The Morgan fingerprint density at radius 2 is 2.15 bits per heavy atom. The van der Waals surface area contributed by atoms with Crippen molar-refractivity contribution in [2.24, 2.45) is 0 Å². The molecule has 2 unspecified atom stereocenters. The summed E-state index contributed by atoms with van der Waals surface area (Å²) in [5, 5.41) is 30.6. The number of aliphatic hydroxyl groups is 2. The molecule has 0 radical (unpaired) electrons. The van der Waals surface area contributed by atoms with E-state index >= 15 is 0 Å². The molecule has 4 nitrogen and oxygen atoms in total. The molecule has 2 atom stereocenters. The Balaban J connectivity index is 2.05. The number of aliphatic hydroxyl groups excluding tert-OH is 1. The van der Waals surface area contributed by atoms with E-state index in [9.17, 15) is 15.0 Å². The fourth-order valence-corrected chi connectivity index (χ4v) is 4.55. The van der Waals surface area contributed by atoms with E-state index < -0.39 is 17.0 Å². The van der Waals surface area contributed by atoms with Gasteiger partial charge in [0.25, 0.3) is 0 Å². The maximum Gasteiger partial charge on any atom is 0.345 e. The van der Waals surface area contributed by atoms with E-state index in [4.69, 9.17) is 5.11 Å². The minimum absolute atomic E-state index is 0.279. The number of carbonyl (C=O) groups is 1. The number of benzene rings is 1. The third-order valence-electron chi connectivity index (χ3n) is 3.54. The summed E-state index contributed by atoms with van der Waals surface area (Å²) in [5.41, 5.74) is 0.636. The lowest BCUT2D eigenvalue weighted by Gasteiger charge is -2.36. The molecule has 0 spiro atoms. The van der Waals surface area contributed by atoms with Crippen molar-refractivity contribution in [3.05, 3.63) is 34.7 Å². The van der Waals surface area contributed by atoms with E-state index in [1.54, 1.807) is 18.2 Å². The first kappa shape index (κ1) is 13.9. The zero-order chi connectivity index (χ0) is 14.3. The number of fused-ring (bicyclic) bond motifs is 1. The molecule has 0 bridgehead atoms. The van der Waals surface area contributed by atoms with Gasteiger partial charge in [-0.25, -0.2) is 4.79 Å². The Morgan fingerprint density at radius 1 is 1.35 bits per heavy atom. The summed E-state index contributed by atoms with van der Waals surface area (Å²) in [6.07, 6.45) is 0.667. The van der Waals surface area contributed by atoms with E-state index in [1.807, 2.05) is 6.07 Å². The SMILES string of the molecule is O=C(O)c1cc2cc(C3(O)SCCCC3O)ccc2s1. The van der Waals surface area contributed by atoms with Crippen molar-refractivity contribution in [3.8, 4) is 0 Å². The average molecular weight is 310 g/mol. The van der Waals surface area contributed by atoms with Crippen LogP contribution in [0.4, 0.5) is 0 Å². The van der Waals surface area contributed by atoms with Crippen molar-refractivity contribution in [2.45, 2.75) is 23.9 Å². The van der Waals surface area contributed by atoms with Gasteiger partial charge in [0.1, 0.15) is 4.88 Å². The molecule has 1 aromatic heterocycles. The van der Waals surface area contributed by atoms with Crippen LogP contribution in [-0.4, -0.2) is 33.1 Å². The molecule has 3 N–H and O–H groups in total. The van der Waals surface area contributed by atoms with Gasteiger partial charge in [-0.05, 0) is 47.7 Å². The molecular formula is C14H14O4S2. The molecule has 106 valence electrons. The van der Waals surface area contributed by atoms with Crippen molar-refractivity contribution >= 4 is 39.2 Å². The minimum atomic E-state index is -1.29. The first-order chi connectivity index (χ1) is 9.50. The molecule has 1 aliphatic heterocycles. The maximum atomic E-state index is 11.0. The van der Waals surface area contributed by atoms with Crippen LogP contribution in [-0.2, 0) is 4.93 Å². The number of aromatic carboxylic acids is 1. The van der Waals surface area contributed by atoms with Crippen molar-refractivity contribution in [1.29, 1.82) is 0 Å². The highest BCUT2D eigenvalue weighted by Gasteiger charge is 2.40. The van der Waals surface area contributed by atoms with Gasteiger partial charge in [0.05, 0.1) is 6.10 Å². The predicted molar refractivity (Wildman–Crippen MR) is 80.4 cm³/mol. The molecule has 1 fully saturated rings. The van der Waals surface area contributed by atoms with Crippen LogP contribution < -0.4 is 0 Å². The number of thioether (sulfide) groups is 1. The molecule has 2 aromatic rings. The molecule has 3 rings (SSSR count). The summed E-state index contributed by atoms with van der Waals surface area (Å²) < 4.78 is 0.866. The second-order valence-electron chi connectivity index (χ2n) is 4.87. The molecule has 0 saturated carbocycles. The Hall–Kier alpha value is -1.08. The highest BCUT2D eigenvalue weighted by Crippen LogP contribution is 2.44. The lowest BCUT2D eigenvalue weighted by Crippen LogP contribution is -2.39. The zero-order valence-corrected chi connectivity index (χ0v) is 12.2. The van der Waals surface area contributed by atoms with E-state index in [0.717, 1.165) is 22.3 Å². The summed E-state index contributed by atoms with van der Waals surface area (Å²) in [5.74, 6) is -0.145. The second kappa shape index (κ2) is 5.04. The molecule has 1 saturated heterocycles. The second-order valence-corrected chi connectivity index (χ2v) is 7.27. The van der Waals surface area contributed by atoms with Crippen molar-refractivity contribution in [1.82, 2.24) is 0 Å². The molecule has 1 aromatic carbocycles. The van der Waals surface area contributed by atoms with E-state index in [0.29, 0.717) is 12.0 Å². The molecule has 6 heteroatoms. The summed E-state index contributed by atoms with van der Waals surface area (Å²) in [6.45, 7) is 0. The van der Waals surface area contributed by atoms with Crippen LogP contribution in [0.1, 0.15) is 28.1 Å². The quantitative estimate of drug-likeness (QED) is 0.795. The highest BCUT2D eigenvalue weighted by molar-refractivity contribution is 8.00. The summed E-state index contributed by atoms with van der Waals surface area (Å²) in [7, 11) is 0. The monoisotopic (exact) mass is 310 g/mol. The van der Waals surface area contributed by atoms with Crippen molar-refractivity contribution < 1.29 is 20.1 Å². The third-order valence-corrected chi connectivity index (χ3v) is 6.08. The highest BCUT2D eigenvalue weighted by atomic mass is 32.2. The minimum Gasteiger partial charge on any atom is -0.477 e. The van der Waals surface area contributed by atoms with E-state index in [2.05, 4.69) is 0 Å². The van der Waals surface area contributed by atoms with Crippen LogP contribution >= 0.6 is 23.1 Å². The number of rotatable bonds is 2. The topological polar surface area (TPSA) is 77.8 Å². The largest absolute Gasteiger partial charge is 0.477 e. The van der Waals surface area contributed by atoms with Crippen LogP contribution in [0, 0.1) is 0 Å². The van der Waals surface area contributed by atoms with Gasteiger partial charge in [0.2, 0.25) is 0 Å². The Kier molecular flexibility index (Phi) is 3.50. The van der Waals surface area contributed by atoms with Crippen molar-refractivity contribution in [3.63, 3.8) is 0 Å². The van der Waals surface area contributed by atoms with Crippen LogP contribution in [0.15, 0.2) is 24.3 Å². The average Bonchev–Trinajstić information content (AvgIpc) is 2.85. The maximum absolute atomic E-state index is 11.0. The van der Waals surface area contributed by atoms with Gasteiger partial charge in [-0.15, -0.1) is 23.1 Å². The van der Waals surface area contributed by atoms with Gasteiger partial charge in [0.15, 0.2) is 4.93 Å². The number of hydrogen-bond donors (Lipinski definition) is 3. The zero-order valence-electron chi connectivity index (χ0n) is 10.6. The third kappa shape index (κ3) is 2.22. The Labute approximate surface area is 124 Å². The number of thiophene rings is 1. The normalized spacial score (nSPS) is 26.8. The molecule has 2 heterocycles. The standard InChI is InChI=1S/C14H14O4S2/c15-12-2-1-5-19-14(12,18)9-3-4-10-8(6-9)7-11(20-10)13(16)17/h3-4,6-7,12,15,18H,1-2,5H2,(H,16,17). The fraction of sp³-hybridized carbons (Fsp3) is 0.357. The van der Waals surface area contributed by atoms with Crippen LogP contribution in [0.5, 0.6) is 0 Å². The molecule has 0 aliphatic carbocycles. The first-order valence-corrected chi connectivity index (χ1v) is 8.12. The van der Waals surface area contributed by atoms with Crippen LogP contribution in [0.25, 0.3) is 10.1 Å². The number of carboxylic acids is 1. The lowest BCUT2D eigenvalue weighted by atomic mass is 9.98. The van der Waals surface area contributed by atoms with Gasteiger partial charge >= 0.3 is 5.97 Å². The Morgan fingerprint density at radius 3 is 2.85 bits per heavy atom. The van der Waals surface area contributed by atoms with E-state index in [-0.39, 0.29) is 4.88 Å². The van der Waals surface area contributed by atoms with E-state index in [1.165, 1.54) is 23.1 Å². The van der Waals surface area contributed by atoms with Crippen LogP contribution in [0.3, 0.4) is 0 Å². The van der Waals surface area contributed by atoms with Crippen LogP contribution in [0.2, 0.25) is 0 Å². The predicted octanol–water partition coefficient (Wildman–Crippen LogP) is 2.63. The number of carboxylic acid groups (broad SMARTS) is 1. The molecule has 0 amide bonds. The smallest absolute Gasteiger partial charge is 0.345 e. The molecule has 1 aliphatic rings. The summed E-state index contributed by atoms with van der Waals surface area (Å²) >= 11 is 2.55. The Bertz CT molecular complexity index is 666. The molecular weight excluding hydrogens is 296 g/mol. The lowest BCUT2D eigenvalue weighted by molar-refractivity contribution is -0.0187. The van der Waals surface area contributed by atoms with Gasteiger partial charge in [-0.2, -0.15) is 0 Å². The van der Waals surface area contributed by atoms with Gasteiger partial charge in [-0.3, -0.25) is 0 Å². The number of hydrogen-bond acceptors (Lipinski definition) is 5.